The van der Waals surface area contributed by atoms with E-state index >= 15 is 0 Å². The molecular weight excluding hydrogens is 244 g/mol. The van der Waals surface area contributed by atoms with E-state index in [-0.39, 0.29) is 0 Å². The Bertz CT molecular complexity index is 390. The van der Waals surface area contributed by atoms with Crippen LogP contribution in [0.25, 0.3) is 0 Å². The Labute approximate surface area is 115 Å². The lowest BCUT2D eigenvalue weighted by Gasteiger charge is -2.24. The SMILES string of the molecule is CCN(CC)CC(C)Nc1ccnc(C(N)=S)c1. The van der Waals surface area contributed by atoms with Crippen molar-refractivity contribution < 1.29 is 0 Å². The minimum absolute atomic E-state index is 0.329. The Morgan fingerprint density at radius 1 is 1.50 bits per heavy atom. The number of hydrogen-bond acceptors (Lipinski definition) is 4. The molecule has 0 aliphatic heterocycles. The zero-order valence-corrected chi connectivity index (χ0v) is 12.1. The number of nitrogens with one attached hydrogen (secondary N) is 1. The van der Waals surface area contributed by atoms with Gasteiger partial charge in [0.2, 0.25) is 0 Å². The van der Waals surface area contributed by atoms with Crippen LogP contribution in [0, 0.1) is 0 Å². The van der Waals surface area contributed by atoms with Gasteiger partial charge in [0.05, 0.1) is 5.69 Å². The fourth-order valence-corrected chi connectivity index (χ4v) is 1.97. The number of rotatable bonds is 7. The highest BCUT2D eigenvalue weighted by molar-refractivity contribution is 7.80. The van der Waals surface area contributed by atoms with Crippen LogP contribution in [0.1, 0.15) is 26.5 Å². The number of pyridine rings is 1. The second-order valence-corrected chi connectivity index (χ2v) is 4.77. The lowest BCUT2D eigenvalue weighted by molar-refractivity contribution is 0.295. The van der Waals surface area contributed by atoms with E-state index in [1.54, 1.807) is 6.20 Å². The highest BCUT2D eigenvalue weighted by atomic mass is 32.1. The van der Waals surface area contributed by atoms with Crippen molar-refractivity contribution in [3.63, 3.8) is 0 Å². The first-order valence-electron chi connectivity index (χ1n) is 6.31. The van der Waals surface area contributed by atoms with Crippen molar-refractivity contribution in [3.05, 3.63) is 24.0 Å². The number of anilines is 1. The van der Waals surface area contributed by atoms with Crippen LogP contribution in [-0.4, -0.2) is 40.5 Å². The summed E-state index contributed by atoms with van der Waals surface area (Å²) in [5, 5.41) is 3.44. The number of nitrogens with two attached hydrogens (primary N) is 1. The Kier molecular flexibility index (Phi) is 6.01. The fraction of sp³-hybridized carbons (Fsp3) is 0.538. The molecule has 0 saturated carbocycles. The quantitative estimate of drug-likeness (QED) is 0.738. The Morgan fingerprint density at radius 2 is 2.17 bits per heavy atom. The molecule has 1 unspecified atom stereocenters. The first-order chi connectivity index (χ1) is 8.56. The van der Waals surface area contributed by atoms with Gasteiger partial charge in [0.25, 0.3) is 0 Å². The normalized spacial score (nSPS) is 12.4. The van der Waals surface area contributed by atoms with Gasteiger partial charge in [0.15, 0.2) is 0 Å². The molecule has 0 aliphatic rings. The summed E-state index contributed by atoms with van der Waals surface area (Å²) in [6.45, 7) is 9.66. The fourth-order valence-electron chi connectivity index (χ4n) is 1.85. The van der Waals surface area contributed by atoms with E-state index in [2.05, 4.69) is 36.0 Å². The molecule has 1 aromatic rings. The Morgan fingerprint density at radius 3 is 2.72 bits per heavy atom. The number of hydrogen-bond donors (Lipinski definition) is 2. The van der Waals surface area contributed by atoms with E-state index in [1.165, 1.54) is 0 Å². The summed E-state index contributed by atoms with van der Waals surface area (Å²) in [4.78, 5) is 6.83. The van der Waals surface area contributed by atoms with E-state index in [4.69, 9.17) is 18.0 Å². The monoisotopic (exact) mass is 266 g/mol. The summed E-state index contributed by atoms with van der Waals surface area (Å²) in [5.41, 5.74) is 7.23. The third-order valence-electron chi connectivity index (χ3n) is 2.85. The third-order valence-corrected chi connectivity index (χ3v) is 3.06. The van der Waals surface area contributed by atoms with Crippen LogP contribution < -0.4 is 11.1 Å². The lowest BCUT2D eigenvalue weighted by Crippen LogP contribution is -2.34. The summed E-state index contributed by atoms with van der Waals surface area (Å²) in [5.74, 6) is 0. The standard InChI is InChI=1S/C13H22N4S/c1-4-17(5-2)9-10(3)16-11-6-7-15-12(8-11)13(14)18/h6-8,10H,4-5,9H2,1-3H3,(H2,14,18)(H,15,16). The van der Waals surface area contributed by atoms with Gasteiger partial charge >= 0.3 is 0 Å². The van der Waals surface area contributed by atoms with Crippen molar-refractivity contribution >= 4 is 22.9 Å². The van der Waals surface area contributed by atoms with Crippen molar-refractivity contribution in [2.24, 2.45) is 5.73 Å². The molecule has 0 spiro atoms. The first kappa shape index (κ1) is 14.9. The molecule has 1 aromatic heterocycles. The average molecular weight is 266 g/mol. The van der Waals surface area contributed by atoms with Crippen molar-refractivity contribution in [1.82, 2.24) is 9.88 Å². The van der Waals surface area contributed by atoms with E-state index in [9.17, 15) is 0 Å². The molecule has 0 bridgehead atoms. The molecule has 0 amide bonds. The molecule has 4 nitrogen and oxygen atoms in total. The molecule has 0 radical (unpaired) electrons. The molecule has 18 heavy (non-hydrogen) atoms. The summed E-state index contributed by atoms with van der Waals surface area (Å²) in [6, 6.07) is 4.19. The maximum Gasteiger partial charge on any atom is 0.122 e. The van der Waals surface area contributed by atoms with Crippen LogP contribution in [0.5, 0.6) is 0 Å². The second-order valence-electron chi connectivity index (χ2n) is 4.33. The van der Waals surface area contributed by atoms with Crippen molar-refractivity contribution in [3.8, 4) is 0 Å². The summed E-state index contributed by atoms with van der Waals surface area (Å²) < 4.78 is 0. The lowest BCUT2D eigenvalue weighted by atomic mass is 10.2. The maximum atomic E-state index is 5.57. The van der Waals surface area contributed by atoms with Gasteiger partial charge in [0.1, 0.15) is 4.99 Å². The number of thiocarbonyl (C=S) groups is 1. The van der Waals surface area contributed by atoms with Gasteiger partial charge in [0, 0.05) is 24.5 Å². The first-order valence-corrected chi connectivity index (χ1v) is 6.72. The molecule has 1 atom stereocenters. The number of aromatic nitrogens is 1. The van der Waals surface area contributed by atoms with E-state index in [1.807, 2.05) is 12.1 Å². The van der Waals surface area contributed by atoms with Gasteiger partial charge < -0.3 is 16.0 Å². The Hall–Kier alpha value is -1.20. The predicted molar refractivity (Wildman–Crippen MR) is 81.0 cm³/mol. The molecule has 0 saturated heterocycles. The van der Waals surface area contributed by atoms with Crippen molar-refractivity contribution in [2.75, 3.05) is 25.0 Å². The van der Waals surface area contributed by atoms with Gasteiger partial charge in [-0.15, -0.1) is 0 Å². The van der Waals surface area contributed by atoms with Crippen LogP contribution in [0.3, 0.4) is 0 Å². The zero-order chi connectivity index (χ0) is 13.5. The van der Waals surface area contributed by atoms with Crippen LogP contribution >= 0.6 is 12.2 Å². The largest absolute Gasteiger partial charge is 0.388 e. The summed E-state index contributed by atoms with van der Waals surface area (Å²) in [6.07, 6.45) is 1.72. The average Bonchev–Trinajstić information content (AvgIpc) is 2.36. The third kappa shape index (κ3) is 4.58. The maximum absolute atomic E-state index is 5.57. The molecule has 3 N–H and O–H groups in total. The van der Waals surface area contributed by atoms with E-state index in [0.717, 1.165) is 25.3 Å². The van der Waals surface area contributed by atoms with Crippen LogP contribution in [0.2, 0.25) is 0 Å². The molecule has 5 heteroatoms. The van der Waals surface area contributed by atoms with Crippen molar-refractivity contribution in [2.45, 2.75) is 26.8 Å². The van der Waals surface area contributed by atoms with Gasteiger partial charge in [-0.05, 0) is 32.1 Å². The molecule has 0 aromatic carbocycles. The van der Waals surface area contributed by atoms with Gasteiger partial charge in [-0.3, -0.25) is 4.98 Å². The Balaban J connectivity index is 2.61. The van der Waals surface area contributed by atoms with Crippen LogP contribution in [0.15, 0.2) is 18.3 Å². The smallest absolute Gasteiger partial charge is 0.122 e. The molecule has 1 rings (SSSR count). The van der Waals surface area contributed by atoms with Gasteiger partial charge in [-0.25, -0.2) is 0 Å². The minimum atomic E-state index is 0.329. The summed E-state index contributed by atoms with van der Waals surface area (Å²) >= 11 is 4.92. The zero-order valence-electron chi connectivity index (χ0n) is 11.3. The topological polar surface area (TPSA) is 54.2 Å². The van der Waals surface area contributed by atoms with E-state index < -0.39 is 0 Å². The molecule has 100 valence electrons. The van der Waals surface area contributed by atoms with Crippen LogP contribution in [-0.2, 0) is 0 Å². The highest BCUT2D eigenvalue weighted by Crippen LogP contribution is 2.10. The summed E-state index contributed by atoms with van der Waals surface area (Å²) in [7, 11) is 0. The number of likely N-dealkylation sites (N-methyl/N-ethyl adjacent to an activating group) is 1. The van der Waals surface area contributed by atoms with Crippen LogP contribution in [0.4, 0.5) is 5.69 Å². The minimum Gasteiger partial charge on any atom is -0.388 e. The highest BCUT2D eigenvalue weighted by Gasteiger charge is 2.07. The molecular formula is C13H22N4S. The molecule has 1 heterocycles. The van der Waals surface area contributed by atoms with Gasteiger partial charge in [-0.2, -0.15) is 0 Å². The second kappa shape index (κ2) is 7.28. The van der Waals surface area contributed by atoms with Gasteiger partial charge in [-0.1, -0.05) is 26.1 Å². The molecule has 0 aliphatic carbocycles. The van der Waals surface area contributed by atoms with E-state index in [0.29, 0.717) is 16.7 Å². The predicted octanol–water partition coefficient (Wildman–Crippen LogP) is 1.86. The number of nitrogens with zero attached hydrogens (tertiary/aromatic N) is 2. The van der Waals surface area contributed by atoms with Crippen molar-refractivity contribution in [1.29, 1.82) is 0 Å². The molecule has 0 fully saturated rings.